The molecule has 0 radical (unpaired) electrons. The predicted octanol–water partition coefficient (Wildman–Crippen LogP) is 3.84. The molecule has 1 aromatic rings. The largest absolute Gasteiger partial charge is 0.478 e. The highest BCUT2D eigenvalue weighted by Crippen LogP contribution is 2.24. The van der Waals surface area contributed by atoms with Gasteiger partial charge in [0.25, 0.3) is 0 Å². The first kappa shape index (κ1) is 17.3. The molecular weight excluding hydrogens is 292 g/mol. The number of hydrogen-bond donors (Lipinski definition) is 3. The van der Waals surface area contributed by atoms with Crippen molar-refractivity contribution in [2.75, 3.05) is 11.9 Å². The van der Waals surface area contributed by atoms with Gasteiger partial charge in [0.15, 0.2) is 0 Å². The minimum Gasteiger partial charge on any atom is -0.478 e. The monoisotopic (exact) mass is 312 g/mol. The van der Waals surface area contributed by atoms with E-state index in [2.05, 4.69) is 38.3 Å². The second-order valence-electron chi connectivity index (χ2n) is 6.10. The van der Waals surface area contributed by atoms with E-state index in [4.69, 9.17) is 16.7 Å². The second kappa shape index (κ2) is 6.80. The summed E-state index contributed by atoms with van der Waals surface area (Å²) in [7, 11) is 0. The van der Waals surface area contributed by atoms with E-state index in [9.17, 15) is 9.59 Å². The average molecular weight is 313 g/mol. The zero-order valence-electron chi connectivity index (χ0n) is 12.7. The standard InChI is InChI=1S/C15H21ClN2O3/c1-9(15(2,3)4)8-17-14(21)18-10-5-6-11(13(19)20)12(16)7-10/h5-7,9H,8H2,1-4H3,(H,19,20)(H2,17,18,21). The summed E-state index contributed by atoms with van der Waals surface area (Å²) in [4.78, 5) is 22.6. The molecule has 0 aliphatic rings. The van der Waals surface area contributed by atoms with Crippen LogP contribution in [0.4, 0.5) is 10.5 Å². The lowest BCUT2D eigenvalue weighted by molar-refractivity contribution is 0.0697. The van der Waals surface area contributed by atoms with Crippen LogP contribution in [0.3, 0.4) is 0 Å². The maximum atomic E-state index is 11.8. The SMILES string of the molecule is CC(CNC(=O)Nc1ccc(C(=O)O)c(Cl)c1)C(C)(C)C. The molecule has 116 valence electrons. The molecule has 6 heteroatoms. The minimum absolute atomic E-state index is 0.00368. The number of amides is 2. The highest BCUT2D eigenvalue weighted by molar-refractivity contribution is 6.33. The maximum Gasteiger partial charge on any atom is 0.337 e. The molecule has 1 rings (SSSR count). The molecule has 5 nitrogen and oxygen atoms in total. The number of aromatic carboxylic acids is 1. The van der Waals surface area contributed by atoms with Gasteiger partial charge in [0.2, 0.25) is 0 Å². The zero-order valence-corrected chi connectivity index (χ0v) is 13.4. The number of nitrogens with one attached hydrogen (secondary N) is 2. The maximum absolute atomic E-state index is 11.8. The van der Waals surface area contributed by atoms with Gasteiger partial charge in [-0.3, -0.25) is 0 Å². The third kappa shape index (κ3) is 5.27. The van der Waals surface area contributed by atoms with Gasteiger partial charge in [-0.2, -0.15) is 0 Å². The molecular formula is C15H21ClN2O3. The fraction of sp³-hybridized carbons (Fsp3) is 0.467. The number of urea groups is 1. The van der Waals surface area contributed by atoms with Crippen molar-refractivity contribution in [1.82, 2.24) is 5.32 Å². The van der Waals surface area contributed by atoms with Gasteiger partial charge in [0.1, 0.15) is 0 Å². The summed E-state index contributed by atoms with van der Waals surface area (Å²) in [6.07, 6.45) is 0. The van der Waals surface area contributed by atoms with Crippen LogP contribution in [0.25, 0.3) is 0 Å². The van der Waals surface area contributed by atoms with Crippen LogP contribution < -0.4 is 10.6 Å². The van der Waals surface area contributed by atoms with E-state index in [1.165, 1.54) is 18.2 Å². The Morgan fingerprint density at radius 2 is 1.95 bits per heavy atom. The Kier molecular flexibility index (Phi) is 5.61. The Morgan fingerprint density at radius 1 is 1.33 bits per heavy atom. The molecule has 0 aromatic heterocycles. The fourth-order valence-corrected chi connectivity index (χ4v) is 1.75. The third-order valence-corrected chi connectivity index (χ3v) is 3.82. The highest BCUT2D eigenvalue weighted by atomic mass is 35.5. The van der Waals surface area contributed by atoms with E-state index < -0.39 is 5.97 Å². The number of anilines is 1. The Bertz CT molecular complexity index is 538. The topological polar surface area (TPSA) is 78.4 Å². The van der Waals surface area contributed by atoms with Crippen LogP contribution in [0.5, 0.6) is 0 Å². The van der Waals surface area contributed by atoms with Crippen LogP contribution in [-0.2, 0) is 0 Å². The molecule has 1 unspecified atom stereocenters. The first-order valence-corrected chi connectivity index (χ1v) is 7.06. The molecule has 0 saturated heterocycles. The summed E-state index contributed by atoms with van der Waals surface area (Å²) >= 11 is 5.84. The molecule has 1 atom stereocenters. The summed E-state index contributed by atoms with van der Waals surface area (Å²) in [5.74, 6) is -0.781. The first-order valence-electron chi connectivity index (χ1n) is 6.69. The molecule has 0 aliphatic heterocycles. The Morgan fingerprint density at radius 3 is 2.43 bits per heavy atom. The van der Waals surface area contributed by atoms with Crippen LogP contribution >= 0.6 is 11.6 Å². The van der Waals surface area contributed by atoms with Gasteiger partial charge in [-0.25, -0.2) is 9.59 Å². The summed E-state index contributed by atoms with van der Waals surface area (Å²) < 4.78 is 0. The van der Waals surface area contributed by atoms with Gasteiger partial charge in [-0.1, -0.05) is 39.3 Å². The molecule has 2 amide bonds. The van der Waals surface area contributed by atoms with Crippen LogP contribution in [0.15, 0.2) is 18.2 Å². The summed E-state index contributed by atoms with van der Waals surface area (Å²) in [5.41, 5.74) is 0.564. The zero-order chi connectivity index (χ0) is 16.2. The number of carboxylic acid groups (broad SMARTS) is 1. The molecule has 0 aliphatic carbocycles. The van der Waals surface area contributed by atoms with Crippen LogP contribution in [0, 0.1) is 11.3 Å². The van der Waals surface area contributed by atoms with E-state index in [1.807, 2.05) is 0 Å². The van der Waals surface area contributed by atoms with Crippen molar-refractivity contribution in [2.45, 2.75) is 27.7 Å². The number of benzene rings is 1. The van der Waals surface area contributed by atoms with Crippen LogP contribution in [0.2, 0.25) is 5.02 Å². The van der Waals surface area contributed by atoms with Crippen molar-refractivity contribution in [3.8, 4) is 0 Å². The van der Waals surface area contributed by atoms with Crippen LogP contribution in [0.1, 0.15) is 38.1 Å². The highest BCUT2D eigenvalue weighted by Gasteiger charge is 2.20. The molecule has 3 N–H and O–H groups in total. The molecule has 0 heterocycles. The predicted molar refractivity (Wildman–Crippen MR) is 84.1 cm³/mol. The number of carboxylic acids is 1. The summed E-state index contributed by atoms with van der Waals surface area (Å²) in [6, 6.07) is 3.93. The number of hydrogen-bond acceptors (Lipinski definition) is 2. The summed E-state index contributed by atoms with van der Waals surface area (Å²) in [5, 5.41) is 14.4. The first-order chi connectivity index (χ1) is 9.61. The van der Waals surface area contributed by atoms with E-state index >= 15 is 0 Å². The van der Waals surface area contributed by atoms with Gasteiger partial charge in [0.05, 0.1) is 10.6 Å². The number of carbonyl (C=O) groups is 2. The summed E-state index contributed by atoms with van der Waals surface area (Å²) in [6.45, 7) is 8.96. The van der Waals surface area contributed by atoms with Gasteiger partial charge >= 0.3 is 12.0 Å². The molecule has 0 spiro atoms. The Balaban J connectivity index is 2.60. The van der Waals surface area contributed by atoms with Crippen LogP contribution in [-0.4, -0.2) is 23.7 Å². The quantitative estimate of drug-likeness (QED) is 0.790. The van der Waals surface area contributed by atoms with Gasteiger partial charge < -0.3 is 15.7 Å². The van der Waals surface area contributed by atoms with Crippen molar-refractivity contribution in [3.63, 3.8) is 0 Å². The van der Waals surface area contributed by atoms with Gasteiger partial charge in [-0.05, 0) is 29.5 Å². The normalized spacial score (nSPS) is 12.6. The molecule has 21 heavy (non-hydrogen) atoms. The average Bonchev–Trinajstić information content (AvgIpc) is 2.34. The lowest BCUT2D eigenvalue weighted by atomic mass is 9.82. The van der Waals surface area contributed by atoms with Crippen molar-refractivity contribution >= 4 is 29.3 Å². The van der Waals surface area contributed by atoms with Crippen molar-refractivity contribution in [3.05, 3.63) is 28.8 Å². The molecule has 1 aromatic carbocycles. The van der Waals surface area contributed by atoms with Crippen molar-refractivity contribution in [1.29, 1.82) is 0 Å². The fourth-order valence-electron chi connectivity index (χ4n) is 1.49. The minimum atomic E-state index is -1.10. The van der Waals surface area contributed by atoms with Crippen molar-refractivity contribution in [2.24, 2.45) is 11.3 Å². The van der Waals surface area contributed by atoms with E-state index in [-0.39, 0.29) is 22.0 Å². The molecule has 0 fully saturated rings. The smallest absolute Gasteiger partial charge is 0.337 e. The molecule has 0 saturated carbocycles. The Labute approximate surface area is 129 Å². The van der Waals surface area contributed by atoms with Gasteiger partial charge in [0, 0.05) is 12.2 Å². The number of rotatable bonds is 4. The third-order valence-electron chi connectivity index (χ3n) is 3.50. The van der Waals surface area contributed by atoms with E-state index in [1.54, 1.807) is 0 Å². The van der Waals surface area contributed by atoms with E-state index in [0.29, 0.717) is 18.2 Å². The molecule has 0 bridgehead atoms. The lowest BCUT2D eigenvalue weighted by Gasteiger charge is -2.27. The lowest BCUT2D eigenvalue weighted by Crippen LogP contribution is -2.36. The van der Waals surface area contributed by atoms with E-state index in [0.717, 1.165) is 0 Å². The number of halogens is 1. The number of carbonyl (C=O) groups excluding carboxylic acids is 1. The van der Waals surface area contributed by atoms with Gasteiger partial charge in [-0.15, -0.1) is 0 Å². The second-order valence-corrected chi connectivity index (χ2v) is 6.51. The van der Waals surface area contributed by atoms with Crippen molar-refractivity contribution < 1.29 is 14.7 Å². The Hall–Kier alpha value is -1.75.